The van der Waals surface area contributed by atoms with Crippen molar-refractivity contribution in [3.8, 4) is 11.8 Å². The van der Waals surface area contributed by atoms with Gasteiger partial charge in [0, 0.05) is 0 Å². The van der Waals surface area contributed by atoms with E-state index in [0.29, 0.717) is 26.9 Å². The molecule has 0 radical (unpaired) electrons. The highest BCUT2D eigenvalue weighted by atomic mass is 79.9. The van der Waals surface area contributed by atoms with Gasteiger partial charge in [0.15, 0.2) is 0 Å². The topological polar surface area (TPSA) is 139 Å². The number of anilines is 1. The van der Waals surface area contributed by atoms with Crippen LogP contribution in [0.2, 0.25) is 0 Å². The zero-order valence-electron chi connectivity index (χ0n) is 17.0. The Labute approximate surface area is 201 Å². The molecule has 0 unspecified atom stereocenters. The second-order valence-electron chi connectivity index (χ2n) is 6.35. The Hall–Kier alpha value is -3.40. The third kappa shape index (κ3) is 6.10. The summed E-state index contributed by atoms with van der Waals surface area (Å²) in [6.07, 6.45) is 1.33. The maximum atomic E-state index is 12.4. The fourth-order valence-electron chi connectivity index (χ4n) is 2.41. The van der Waals surface area contributed by atoms with Gasteiger partial charge in [0.05, 0.1) is 15.8 Å². The molecule has 0 atom stereocenters. The molecule has 9 nitrogen and oxygen atoms in total. The van der Waals surface area contributed by atoms with Crippen LogP contribution < -0.4 is 10.1 Å². The summed E-state index contributed by atoms with van der Waals surface area (Å²) >= 11 is 4.02. The zero-order chi connectivity index (χ0) is 24.0. The van der Waals surface area contributed by atoms with E-state index in [0.717, 1.165) is 0 Å². The van der Waals surface area contributed by atoms with Crippen LogP contribution in [-0.4, -0.2) is 36.2 Å². The largest absolute Gasteiger partial charge is 0.422 e. The standard InChI is InChI=1S/C21H15BrN4O5S2/c1-2-33(29,30)21-26-25-20(32-21)24-18(27)15(12-23)10-13-8-9-17(16(22)11-13)31-19(28)14-6-4-3-5-7-14/h3-11H,2H2,1H3,(H,24,25,27)/b15-10-. The number of aromatic nitrogens is 2. The summed E-state index contributed by atoms with van der Waals surface area (Å²) in [6.45, 7) is 1.47. The van der Waals surface area contributed by atoms with Gasteiger partial charge in [-0.3, -0.25) is 10.1 Å². The first-order valence-corrected chi connectivity index (χ1v) is 12.6. The average molecular weight is 547 g/mol. The normalized spacial score (nSPS) is 11.5. The van der Waals surface area contributed by atoms with Gasteiger partial charge in [0.1, 0.15) is 17.4 Å². The predicted octanol–water partition coefficient (Wildman–Crippen LogP) is 3.86. The molecule has 0 aliphatic rings. The molecule has 2 aromatic carbocycles. The third-order valence-electron chi connectivity index (χ3n) is 4.12. The van der Waals surface area contributed by atoms with Crippen LogP contribution in [0.3, 0.4) is 0 Å². The lowest BCUT2D eigenvalue weighted by Gasteiger charge is -2.07. The number of halogens is 1. The minimum Gasteiger partial charge on any atom is -0.422 e. The predicted molar refractivity (Wildman–Crippen MR) is 125 cm³/mol. The van der Waals surface area contributed by atoms with Gasteiger partial charge in [-0.1, -0.05) is 42.5 Å². The fraction of sp³-hybridized carbons (Fsp3) is 0.0952. The first-order valence-electron chi connectivity index (χ1n) is 9.29. The highest BCUT2D eigenvalue weighted by molar-refractivity contribution is 9.10. The highest BCUT2D eigenvalue weighted by Crippen LogP contribution is 2.28. The number of hydrogen-bond acceptors (Lipinski definition) is 9. The van der Waals surface area contributed by atoms with Crippen LogP contribution in [0.15, 0.2) is 62.9 Å². The van der Waals surface area contributed by atoms with Crippen LogP contribution in [0, 0.1) is 11.3 Å². The molecule has 1 N–H and O–H groups in total. The summed E-state index contributed by atoms with van der Waals surface area (Å²) in [4.78, 5) is 24.7. The van der Waals surface area contributed by atoms with E-state index in [4.69, 9.17) is 4.74 Å². The lowest BCUT2D eigenvalue weighted by atomic mass is 10.1. The highest BCUT2D eigenvalue weighted by Gasteiger charge is 2.20. The molecule has 3 aromatic rings. The third-order valence-corrected chi connectivity index (χ3v) is 7.76. The maximum Gasteiger partial charge on any atom is 0.343 e. The molecule has 0 aliphatic carbocycles. The summed E-state index contributed by atoms with van der Waals surface area (Å²) < 4.78 is 29.3. The number of hydrogen-bond donors (Lipinski definition) is 1. The molecule has 1 amide bonds. The number of rotatable bonds is 7. The number of esters is 1. The fourth-order valence-corrected chi connectivity index (χ4v) is 4.87. The average Bonchev–Trinajstić information content (AvgIpc) is 3.29. The van der Waals surface area contributed by atoms with Crippen molar-refractivity contribution < 1.29 is 22.7 Å². The first-order chi connectivity index (χ1) is 15.7. The Morgan fingerprint density at radius 2 is 1.94 bits per heavy atom. The molecule has 0 spiro atoms. The van der Waals surface area contributed by atoms with E-state index in [-0.39, 0.29) is 26.5 Å². The minimum atomic E-state index is -3.55. The van der Waals surface area contributed by atoms with Gasteiger partial charge in [0.2, 0.25) is 19.3 Å². The summed E-state index contributed by atoms with van der Waals surface area (Å²) in [5, 5.41) is 18.9. The number of ether oxygens (including phenoxy) is 1. The van der Waals surface area contributed by atoms with Gasteiger partial charge >= 0.3 is 5.97 Å². The van der Waals surface area contributed by atoms with Crippen LogP contribution >= 0.6 is 27.3 Å². The maximum absolute atomic E-state index is 12.4. The van der Waals surface area contributed by atoms with Gasteiger partial charge in [-0.15, -0.1) is 10.2 Å². The summed E-state index contributed by atoms with van der Waals surface area (Å²) in [7, 11) is -3.55. The van der Waals surface area contributed by atoms with E-state index < -0.39 is 21.7 Å². The van der Waals surface area contributed by atoms with Crippen LogP contribution in [-0.2, 0) is 14.6 Å². The summed E-state index contributed by atoms with van der Waals surface area (Å²) in [6, 6.07) is 15.0. The van der Waals surface area contributed by atoms with E-state index in [9.17, 15) is 23.3 Å². The van der Waals surface area contributed by atoms with Gasteiger partial charge in [-0.2, -0.15) is 5.26 Å². The molecule has 33 heavy (non-hydrogen) atoms. The second-order valence-corrected chi connectivity index (χ2v) is 10.6. The van der Waals surface area contributed by atoms with Gasteiger partial charge in [-0.25, -0.2) is 13.2 Å². The van der Waals surface area contributed by atoms with Crippen LogP contribution in [0.4, 0.5) is 5.13 Å². The van der Waals surface area contributed by atoms with E-state index in [1.54, 1.807) is 48.5 Å². The minimum absolute atomic E-state index is 0.0440. The number of carbonyl (C=O) groups excluding carboxylic acids is 2. The molecule has 168 valence electrons. The number of nitrogens with one attached hydrogen (secondary N) is 1. The number of amides is 1. The van der Waals surface area contributed by atoms with Crippen molar-refractivity contribution in [3.05, 3.63) is 69.7 Å². The van der Waals surface area contributed by atoms with Crippen molar-refractivity contribution in [1.82, 2.24) is 10.2 Å². The molecule has 0 saturated heterocycles. The summed E-state index contributed by atoms with van der Waals surface area (Å²) in [5.74, 6) is -1.18. The molecule has 1 heterocycles. The SMILES string of the molecule is CCS(=O)(=O)c1nnc(NC(=O)/C(C#N)=C\c2ccc(OC(=O)c3ccccc3)c(Br)c2)s1. The first kappa shape index (κ1) is 24.2. The van der Waals surface area contributed by atoms with E-state index >= 15 is 0 Å². The second kappa shape index (κ2) is 10.5. The number of nitriles is 1. The quantitative estimate of drug-likeness (QED) is 0.155. The van der Waals surface area contributed by atoms with Gasteiger partial charge in [0.25, 0.3) is 5.91 Å². The molecule has 0 fully saturated rings. The van der Waals surface area contributed by atoms with Crippen LogP contribution in [0.25, 0.3) is 6.08 Å². The van der Waals surface area contributed by atoms with E-state index in [1.165, 1.54) is 19.1 Å². The lowest BCUT2D eigenvalue weighted by molar-refractivity contribution is -0.112. The molecule has 0 saturated carbocycles. The van der Waals surface area contributed by atoms with Crippen molar-refractivity contribution >= 4 is 60.2 Å². The molecular formula is C21H15BrN4O5S2. The Morgan fingerprint density at radius 1 is 1.21 bits per heavy atom. The molecule has 1 aromatic heterocycles. The molecule has 3 rings (SSSR count). The van der Waals surface area contributed by atoms with Gasteiger partial charge < -0.3 is 4.74 Å². The molecule has 12 heteroatoms. The molecular weight excluding hydrogens is 532 g/mol. The van der Waals surface area contributed by atoms with Crippen LogP contribution in [0.5, 0.6) is 5.75 Å². The lowest BCUT2D eigenvalue weighted by Crippen LogP contribution is -2.13. The number of nitrogens with zero attached hydrogens (tertiary/aromatic N) is 3. The van der Waals surface area contributed by atoms with Crippen molar-refractivity contribution in [2.45, 2.75) is 11.3 Å². The Kier molecular flexibility index (Phi) is 7.70. The van der Waals surface area contributed by atoms with Crippen molar-refractivity contribution in [3.63, 3.8) is 0 Å². The number of sulfone groups is 1. The Morgan fingerprint density at radius 3 is 2.58 bits per heavy atom. The van der Waals surface area contributed by atoms with Crippen molar-refractivity contribution in [2.24, 2.45) is 0 Å². The van der Waals surface area contributed by atoms with Crippen LogP contribution in [0.1, 0.15) is 22.8 Å². The van der Waals surface area contributed by atoms with Gasteiger partial charge in [-0.05, 0) is 51.8 Å². The molecule has 0 bridgehead atoms. The van der Waals surface area contributed by atoms with Crippen molar-refractivity contribution in [1.29, 1.82) is 5.26 Å². The van der Waals surface area contributed by atoms with E-state index in [1.807, 2.05) is 0 Å². The Balaban J connectivity index is 1.74. The zero-order valence-corrected chi connectivity index (χ0v) is 20.2. The molecule has 0 aliphatic heterocycles. The van der Waals surface area contributed by atoms with E-state index in [2.05, 4.69) is 31.4 Å². The van der Waals surface area contributed by atoms with Crippen molar-refractivity contribution in [2.75, 3.05) is 11.1 Å². The number of benzene rings is 2. The monoisotopic (exact) mass is 546 g/mol. The Bertz CT molecular complexity index is 1380. The number of carbonyl (C=O) groups is 2. The summed E-state index contributed by atoms with van der Waals surface area (Å²) in [5.41, 5.74) is 0.633. The smallest absolute Gasteiger partial charge is 0.343 e.